The zero-order valence-corrected chi connectivity index (χ0v) is 18.3. The van der Waals surface area contributed by atoms with Crippen LogP contribution < -0.4 is 0 Å². The summed E-state index contributed by atoms with van der Waals surface area (Å²) in [4.78, 5) is 44.6. The quantitative estimate of drug-likeness (QED) is 0.511. The van der Waals surface area contributed by atoms with Crippen molar-refractivity contribution < 1.29 is 18.9 Å². The first-order valence-electron chi connectivity index (χ1n) is 11.6. The number of amides is 2. The molecule has 0 spiro atoms. The van der Waals surface area contributed by atoms with Gasteiger partial charge in [-0.1, -0.05) is 4.98 Å². The summed E-state index contributed by atoms with van der Waals surface area (Å²) in [6, 6.07) is 3.35. The van der Waals surface area contributed by atoms with Gasteiger partial charge in [0.05, 0.1) is 17.2 Å². The van der Waals surface area contributed by atoms with Crippen LogP contribution in [0, 0.1) is 27.4 Å². The molecule has 0 unspecified atom stereocenters. The van der Waals surface area contributed by atoms with E-state index < -0.39 is 10.3 Å². The summed E-state index contributed by atoms with van der Waals surface area (Å²) in [5, 5.41) is 15.3. The highest BCUT2D eigenvalue weighted by molar-refractivity contribution is 5.91. The molecule has 0 radical (unpaired) electrons. The van der Waals surface area contributed by atoms with Crippen molar-refractivity contribution in [2.24, 2.45) is 17.3 Å². The van der Waals surface area contributed by atoms with Gasteiger partial charge < -0.3 is 24.3 Å². The minimum atomic E-state index is -0.568. The van der Waals surface area contributed by atoms with Gasteiger partial charge >= 0.3 is 5.95 Å². The molecule has 2 aromatic heterocycles. The Bertz CT molecular complexity index is 1090. The number of carbonyl (C=O) groups is 2. The molecule has 4 aliphatic carbocycles. The number of hydrogen-bond acceptors (Lipinski definition) is 7. The molecular formula is C22H26N6O5. The smallest absolute Gasteiger partial charge is 0.459 e. The van der Waals surface area contributed by atoms with Gasteiger partial charge in [-0.3, -0.25) is 9.59 Å². The van der Waals surface area contributed by atoms with Crippen molar-refractivity contribution in [3.63, 3.8) is 0 Å². The lowest BCUT2D eigenvalue weighted by molar-refractivity contribution is -0.394. The first-order chi connectivity index (χ1) is 15.9. The Labute approximate surface area is 189 Å². The molecule has 11 nitrogen and oxygen atoms in total. The average molecular weight is 454 g/mol. The molecule has 0 N–H and O–H groups in total. The Kier molecular flexibility index (Phi) is 4.40. The van der Waals surface area contributed by atoms with E-state index in [2.05, 4.69) is 10.1 Å². The van der Waals surface area contributed by atoms with Crippen LogP contribution in [0.15, 0.2) is 29.1 Å². The maximum Gasteiger partial charge on any atom is 0.490 e. The topological polar surface area (TPSA) is 128 Å². The zero-order chi connectivity index (χ0) is 22.8. The third-order valence-corrected chi connectivity index (χ3v) is 8.20. The molecule has 1 saturated heterocycles. The van der Waals surface area contributed by atoms with Crippen molar-refractivity contribution in [2.45, 2.75) is 44.1 Å². The third-order valence-electron chi connectivity index (χ3n) is 8.20. The Morgan fingerprint density at radius 1 is 1.09 bits per heavy atom. The number of aromatic nitrogens is 3. The van der Waals surface area contributed by atoms with E-state index in [9.17, 15) is 19.7 Å². The summed E-state index contributed by atoms with van der Waals surface area (Å²) < 4.78 is 6.91. The second kappa shape index (κ2) is 7.13. The zero-order valence-electron chi connectivity index (χ0n) is 18.3. The van der Waals surface area contributed by atoms with Gasteiger partial charge in [0.15, 0.2) is 5.76 Å². The van der Waals surface area contributed by atoms with Crippen LogP contribution >= 0.6 is 0 Å². The van der Waals surface area contributed by atoms with Gasteiger partial charge in [-0.15, -0.1) is 0 Å². The molecule has 4 saturated carbocycles. The Morgan fingerprint density at radius 2 is 1.79 bits per heavy atom. The number of hydrogen-bond donors (Lipinski definition) is 0. The van der Waals surface area contributed by atoms with Gasteiger partial charge in [0.25, 0.3) is 5.91 Å². The fraction of sp³-hybridized carbons (Fsp3) is 0.636. The highest BCUT2D eigenvalue weighted by atomic mass is 16.6. The summed E-state index contributed by atoms with van der Waals surface area (Å²) in [6.45, 7) is 1.97. The van der Waals surface area contributed by atoms with E-state index in [0.717, 1.165) is 32.1 Å². The number of nitro groups is 1. The molecule has 2 amide bonds. The standard InChI is InChI=1S/C22H26N6O5/c29-18(17-2-1-7-33-17)25-3-5-26(6-4-25)19(30)21-9-15-8-16(10-21)12-22(11-15,13-21)27-14-23-20(24-27)28(31)32/h1-2,7,14-16H,3-6,8-13H2/t15-,16-,21?,22?/m1/s1. The summed E-state index contributed by atoms with van der Waals surface area (Å²) in [5.74, 6) is 0.790. The maximum absolute atomic E-state index is 13.9. The number of furan rings is 1. The van der Waals surface area contributed by atoms with Gasteiger partial charge in [0.2, 0.25) is 12.2 Å². The van der Waals surface area contributed by atoms with Crippen molar-refractivity contribution in [1.29, 1.82) is 0 Å². The molecule has 7 rings (SSSR count). The third kappa shape index (κ3) is 3.16. The van der Waals surface area contributed by atoms with Crippen molar-refractivity contribution in [3.8, 4) is 0 Å². The minimum Gasteiger partial charge on any atom is -0.459 e. The Balaban J connectivity index is 1.21. The van der Waals surface area contributed by atoms with Gasteiger partial charge in [-0.25, -0.2) is 0 Å². The molecule has 174 valence electrons. The number of carbonyl (C=O) groups excluding carboxylic acids is 2. The largest absolute Gasteiger partial charge is 0.490 e. The summed E-state index contributed by atoms with van der Waals surface area (Å²) >= 11 is 0. The van der Waals surface area contributed by atoms with Crippen LogP contribution in [-0.2, 0) is 10.3 Å². The molecule has 1 aliphatic heterocycles. The maximum atomic E-state index is 13.9. The van der Waals surface area contributed by atoms with Gasteiger partial charge in [-0.05, 0) is 67.4 Å². The normalized spacial score (nSPS) is 32.8. The Morgan fingerprint density at radius 3 is 2.39 bits per heavy atom. The van der Waals surface area contributed by atoms with Crippen molar-refractivity contribution >= 4 is 17.8 Å². The molecule has 2 aromatic rings. The van der Waals surface area contributed by atoms with Crippen LogP contribution in [0.4, 0.5) is 5.95 Å². The molecule has 4 bridgehead atoms. The van der Waals surface area contributed by atoms with Crippen LogP contribution in [0.25, 0.3) is 0 Å². The number of rotatable bonds is 4. The van der Waals surface area contributed by atoms with Crippen molar-refractivity contribution in [3.05, 3.63) is 40.6 Å². The first-order valence-corrected chi connectivity index (χ1v) is 11.6. The van der Waals surface area contributed by atoms with Crippen molar-refractivity contribution in [2.75, 3.05) is 26.2 Å². The molecule has 33 heavy (non-hydrogen) atoms. The molecular weight excluding hydrogens is 428 g/mol. The second-order valence-corrected chi connectivity index (χ2v) is 10.3. The monoisotopic (exact) mass is 454 g/mol. The lowest BCUT2D eigenvalue weighted by atomic mass is 9.46. The van der Waals surface area contributed by atoms with Crippen LogP contribution in [0.2, 0.25) is 0 Å². The van der Waals surface area contributed by atoms with Gasteiger partial charge in [0.1, 0.15) is 0 Å². The minimum absolute atomic E-state index is 0.145. The van der Waals surface area contributed by atoms with Gasteiger partial charge in [0, 0.05) is 31.3 Å². The fourth-order valence-corrected chi connectivity index (χ4v) is 7.30. The van der Waals surface area contributed by atoms with Crippen LogP contribution in [-0.4, -0.2) is 67.5 Å². The predicted octanol–water partition coefficient (Wildman–Crippen LogP) is 2.06. The molecule has 2 atom stereocenters. The predicted molar refractivity (Wildman–Crippen MR) is 113 cm³/mol. The highest BCUT2D eigenvalue weighted by Crippen LogP contribution is 2.64. The SMILES string of the molecule is O=C(c1ccco1)N1CCN(C(=O)C23C[C@H]4C[C@H](C2)CC(n2cnc([N+](=O)[O-])n2)(C4)C3)CC1. The summed E-state index contributed by atoms with van der Waals surface area (Å²) in [6.07, 6.45) is 8.24. The summed E-state index contributed by atoms with van der Waals surface area (Å²) in [7, 11) is 0. The van der Waals surface area contributed by atoms with E-state index >= 15 is 0 Å². The van der Waals surface area contributed by atoms with Crippen LogP contribution in [0.5, 0.6) is 0 Å². The van der Waals surface area contributed by atoms with Gasteiger partial charge in [-0.2, -0.15) is 4.68 Å². The summed E-state index contributed by atoms with van der Waals surface area (Å²) in [5.41, 5.74) is -0.837. The molecule has 0 aromatic carbocycles. The van der Waals surface area contributed by atoms with Crippen molar-refractivity contribution in [1.82, 2.24) is 24.6 Å². The van der Waals surface area contributed by atoms with Crippen LogP contribution in [0.1, 0.15) is 49.1 Å². The second-order valence-electron chi connectivity index (χ2n) is 10.3. The Hall–Kier alpha value is -3.24. The van der Waals surface area contributed by atoms with E-state index in [4.69, 9.17) is 4.42 Å². The number of piperazine rings is 1. The fourth-order valence-electron chi connectivity index (χ4n) is 7.30. The van der Waals surface area contributed by atoms with Crippen LogP contribution in [0.3, 0.4) is 0 Å². The molecule has 11 heteroatoms. The number of nitrogens with zero attached hydrogens (tertiary/aromatic N) is 6. The molecule has 5 fully saturated rings. The van der Waals surface area contributed by atoms with E-state index in [1.807, 2.05) is 4.90 Å². The lowest BCUT2D eigenvalue weighted by Crippen LogP contribution is -2.63. The first kappa shape index (κ1) is 20.4. The average Bonchev–Trinajstić information content (AvgIpc) is 3.50. The van der Waals surface area contributed by atoms with E-state index in [1.54, 1.807) is 21.7 Å². The highest BCUT2D eigenvalue weighted by Gasteiger charge is 2.63. The lowest BCUT2D eigenvalue weighted by Gasteiger charge is -2.61. The molecule has 5 aliphatic rings. The molecule has 3 heterocycles. The van der Waals surface area contributed by atoms with E-state index in [0.29, 0.717) is 50.2 Å². The van der Waals surface area contributed by atoms with E-state index in [-0.39, 0.29) is 23.3 Å². The van der Waals surface area contributed by atoms with E-state index in [1.165, 1.54) is 12.6 Å².